The van der Waals surface area contributed by atoms with Gasteiger partial charge in [0.2, 0.25) is 11.8 Å². The van der Waals surface area contributed by atoms with Gasteiger partial charge in [-0.1, -0.05) is 36.4 Å². The first-order valence-electron chi connectivity index (χ1n) is 10.8. The molecular formula is C25H28N4O3. The molecule has 0 saturated carbocycles. The van der Waals surface area contributed by atoms with Crippen LogP contribution in [0.15, 0.2) is 60.8 Å². The molecular weight excluding hydrogens is 404 g/mol. The number of hydrogen-bond donors (Lipinski definition) is 2. The van der Waals surface area contributed by atoms with Crippen molar-refractivity contribution in [1.29, 1.82) is 0 Å². The average molecular weight is 433 g/mol. The molecule has 0 saturated heterocycles. The number of hydrogen-bond acceptors (Lipinski definition) is 4. The highest BCUT2D eigenvalue weighted by Gasteiger charge is 2.23. The molecule has 0 fully saturated rings. The first-order valence-corrected chi connectivity index (χ1v) is 10.8. The lowest BCUT2D eigenvalue weighted by molar-refractivity contribution is -0.120. The Morgan fingerprint density at radius 2 is 1.94 bits per heavy atom. The number of carbonyl (C=O) groups excluding carboxylic acids is 2. The molecule has 1 aliphatic rings. The van der Waals surface area contributed by atoms with Crippen LogP contribution in [0.5, 0.6) is 5.75 Å². The first-order chi connectivity index (χ1) is 15.6. The van der Waals surface area contributed by atoms with Crippen molar-refractivity contribution in [3.8, 4) is 5.75 Å². The second kappa shape index (κ2) is 9.70. The molecule has 2 aromatic carbocycles. The summed E-state index contributed by atoms with van der Waals surface area (Å²) in [5, 5.41) is 1.22. The fourth-order valence-corrected chi connectivity index (χ4v) is 4.17. The van der Waals surface area contributed by atoms with Gasteiger partial charge in [0.1, 0.15) is 5.75 Å². The quantitative estimate of drug-likeness (QED) is 0.572. The second-order valence-electron chi connectivity index (χ2n) is 7.90. The van der Waals surface area contributed by atoms with Crippen LogP contribution >= 0.6 is 0 Å². The van der Waals surface area contributed by atoms with Crippen LogP contribution in [0.2, 0.25) is 0 Å². The van der Waals surface area contributed by atoms with E-state index >= 15 is 0 Å². The summed E-state index contributed by atoms with van der Waals surface area (Å²) in [6.07, 6.45) is 5.22. The summed E-state index contributed by atoms with van der Waals surface area (Å²) in [7, 11) is 1.57. The van der Waals surface area contributed by atoms with E-state index in [1.165, 1.54) is 16.5 Å². The maximum Gasteiger partial charge on any atom is 0.241 e. The molecule has 7 nitrogen and oxygen atoms in total. The number of aromatic nitrogens is 1. The molecule has 3 aromatic rings. The molecule has 1 aromatic heterocycles. The summed E-state index contributed by atoms with van der Waals surface area (Å²) < 4.78 is 5.43. The van der Waals surface area contributed by atoms with Gasteiger partial charge in [0.25, 0.3) is 0 Å². The number of ether oxygens (including phenoxy) is 1. The number of nitrogens with two attached hydrogens (primary N) is 1. The predicted molar refractivity (Wildman–Crippen MR) is 126 cm³/mol. The van der Waals surface area contributed by atoms with E-state index in [1.54, 1.807) is 18.1 Å². The normalized spacial score (nSPS) is 14.2. The lowest BCUT2D eigenvalue weighted by Gasteiger charge is -2.30. The second-order valence-corrected chi connectivity index (χ2v) is 7.90. The molecule has 2 heterocycles. The van der Waals surface area contributed by atoms with Gasteiger partial charge in [0.05, 0.1) is 19.3 Å². The number of nitrogens with one attached hydrogen (secondary N) is 1. The lowest BCUT2D eigenvalue weighted by atomic mass is 9.99. The van der Waals surface area contributed by atoms with Crippen molar-refractivity contribution in [2.75, 3.05) is 38.2 Å². The van der Waals surface area contributed by atoms with Crippen LogP contribution in [0.3, 0.4) is 0 Å². The van der Waals surface area contributed by atoms with Crippen molar-refractivity contribution in [3.05, 3.63) is 66.4 Å². The number of benzene rings is 2. The van der Waals surface area contributed by atoms with Gasteiger partial charge in [0, 0.05) is 48.7 Å². The maximum atomic E-state index is 13.2. The maximum absolute atomic E-state index is 13.2. The SMILES string of the molecule is COc1ccccc1N(CCC(N)=O)C(=O)CN1CC=C(c2c[nH]c3ccccc23)CC1. The number of carbonyl (C=O) groups is 2. The molecule has 7 heteroatoms. The van der Waals surface area contributed by atoms with E-state index in [9.17, 15) is 9.59 Å². The Kier molecular flexibility index (Phi) is 6.56. The number of amides is 2. The minimum atomic E-state index is -0.443. The fourth-order valence-electron chi connectivity index (χ4n) is 4.17. The van der Waals surface area contributed by atoms with Crippen molar-refractivity contribution in [3.63, 3.8) is 0 Å². The number of H-pyrrole nitrogens is 1. The predicted octanol–water partition coefficient (Wildman–Crippen LogP) is 3.17. The van der Waals surface area contributed by atoms with Crippen LogP contribution < -0.4 is 15.4 Å². The van der Waals surface area contributed by atoms with Crippen molar-refractivity contribution < 1.29 is 14.3 Å². The Morgan fingerprint density at radius 1 is 1.16 bits per heavy atom. The Morgan fingerprint density at radius 3 is 2.69 bits per heavy atom. The number of para-hydroxylation sites is 3. The van der Waals surface area contributed by atoms with E-state index < -0.39 is 5.91 Å². The van der Waals surface area contributed by atoms with Gasteiger partial charge in [-0.05, 0) is 30.2 Å². The molecule has 166 valence electrons. The highest BCUT2D eigenvalue weighted by atomic mass is 16.5. The zero-order chi connectivity index (χ0) is 22.5. The summed E-state index contributed by atoms with van der Waals surface area (Å²) in [6, 6.07) is 15.6. The van der Waals surface area contributed by atoms with E-state index in [0.717, 1.165) is 18.5 Å². The largest absolute Gasteiger partial charge is 0.495 e. The van der Waals surface area contributed by atoms with Crippen LogP contribution in [0.25, 0.3) is 16.5 Å². The van der Waals surface area contributed by atoms with E-state index in [2.05, 4.69) is 34.3 Å². The van der Waals surface area contributed by atoms with Gasteiger partial charge < -0.3 is 20.4 Å². The standard InChI is InChI=1S/C25H28N4O3/c1-32-23-9-5-4-8-22(23)29(15-12-24(26)30)25(31)17-28-13-10-18(11-14-28)20-16-27-21-7-3-2-6-19(20)21/h2-10,16,27H,11-15,17H2,1H3,(H2,26,30). The molecule has 1 aliphatic heterocycles. The van der Waals surface area contributed by atoms with E-state index in [1.807, 2.05) is 30.3 Å². The zero-order valence-electron chi connectivity index (χ0n) is 18.2. The smallest absolute Gasteiger partial charge is 0.241 e. The van der Waals surface area contributed by atoms with Crippen molar-refractivity contribution >= 4 is 34.0 Å². The van der Waals surface area contributed by atoms with Gasteiger partial charge >= 0.3 is 0 Å². The third-order valence-corrected chi connectivity index (χ3v) is 5.85. The molecule has 0 spiro atoms. The van der Waals surface area contributed by atoms with E-state index in [4.69, 9.17) is 10.5 Å². The molecule has 3 N–H and O–H groups in total. The van der Waals surface area contributed by atoms with Gasteiger partial charge in [-0.25, -0.2) is 0 Å². The average Bonchev–Trinajstić information content (AvgIpc) is 3.24. The Balaban J connectivity index is 1.47. The number of methoxy groups -OCH3 is 1. The lowest BCUT2D eigenvalue weighted by Crippen LogP contribution is -2.43. The van der Waals surface area contributed by atoms with Gasteiger partial charge in [0.15, 0.2) is 0 Å². The molecule has 0 radical (unpaired) electrons. The summed E-state index contributed by atoms with van der Waals surface area (Å²) >= 11 is 0. The topological polar surface area (TPSA) is 91.7 Å². The Bertz CT molecular complexity index is 1150. The summed E-state index contributed by atoms with van der Waals surface area (Å²) in [5.41, 5.74) is 9.64. The van der Waals surface area contributed by atoms with Crippen LogP contribution in [0, 0.1) is 0 Å². The minimum Gasteiger partial charge on any atom is -0.495 e. The first kappa shape index (κ1) is 21.6. The highest BCUT2D eigenvalue weighted by Crippen LogP contribution is 2.30. The number of nitrogens with zero attached hydrogens (tertiary/aromatic N) is 2. The van der Waals surface area contributed by atoms with E-state index in [-0.39, 0.29) is 25.4 Å². The molecule has 0 aliphatic carbocycles. The van der Waals surface area contributed by atoms with Crippen LogP contribution in [0.1, 0.15) is 18.4 Å². The monoisotopic (exact) mass is 432 g/mol. The summed E-state index contributed by atoms with van der Waals surface area (Å²) in [4.78, 5) is 31.7. The van der Waals surface area contributed by atoms with Crippen molar-refractivity contribution in [1.82, 2.24) is 9.88 Å². The van der Waals surface area contributed by atoms with Crippen molar-refractivity contribution in [2.24, 2.45) is 5.73 Å². The van der Waals surface area contributed by atoms with Crippen LogP contribution in [-0.2, 0) is 9.59 Å². The molecule has 0 unspecified atom stereocenters. The summed E-state index contributed by atoms with van der Waals surface area (Å²) in [5.74, 6) is 0.0622. The highest BCUT2D eigenvalue weighted by molar-refractivity contribution is 5.97. The molecule has 32 heavy (non-hydrogen) atoms. The van der Waals surface area contributed by atoms with Gasteiger partial charge in [-0.3, -0.25) is 14.5 Å². The fraction of sp³-hybridized carbons (Fsp3) is 0.280. The number of rotatable bonds is 8. The van der Waals surface area contributed by atoms with Crippen LogP contribution in [-0.4, -0.2) is 55.0 Å². The number of fused-ring (bicyclic) bond motifs is 1. The summed E-state index contributed by atoms with van der Waals surface area (Å²) in [6.45, 7) is 1.95. The zero-order valence-corrected chi connectivity index (χ0v) is 18.2. The minimum absolute atomic E-state index is 0.0836. The molecule has 0 bridgehead atoms. The third kappa shape index (κ3) is 4.68. The van der Waals surface area contributed by atoms with Crippen LogP contribution in [0.4, 0.5) is 5.69 Å². The van der Waals surface area contributed by atoms with E-state index in [0.29, 0.717) is 18.0 Å². The number of anilines is 1. The number of aromatic amines is 1. The van der Waals surface area contributed by atoms with Gasteiger partial charge in [-0.2, -0.15) is 0 Å². The van der Waals surface area contributed by atoms with Crippen molar-refractivity contribution in [2.45, 2.75) is 12.8 Å². The molecule has 2 amide bonds. The number of primary amides is 1. The molecule has 4 rings (SSSR count). The third-order valence-electron chi connectivity index (χ3n) is 5.85. The van der Waals surface area contributed by atoms with Gasteiger partial charge in [-0.15, -0.1) is 0 Å². The Labute approximate surface area is 187 Å². The Hall–Kier alpha value is -3.58. The molecule has 0 atom stereocenters.